The molecule has 2 heterocycles. The molecule has 0 spiro atoms. The highest BCUT2D eigenvalue weighted by atomic mass is 35.5. The van der Waals surface area contributed by atoms with Crippen LogP contribution >= 0.6 is 11.6 Å². The van der Waals surface area contributed by atoms with Gasteiger partial charge in [-0.3, -0.25) is 4.40 Å². The molecule has 0 fully saturated rings. The lowest BCUT2D eigenvalue weighted by Gasteiger charge is -1.95. The minimum absolute atomic E-state index is 0.154. The summed E-state index contributed by atoms with van der Waals surface area (Å²) in [5.41, 5.74) is 0.574. The molecule has 0 aliphatic carbocycles. The number of hydrogen-bond acceptors (Lipinski definition) is 4. The second kappa shape index (κ2) is 2.61. The molecule has 64 valence electrons. The lowest BCUT2D eigenvalue weighted by Crippen LogP contribution is -1.92. The second-order valence-corrected chi connectivity index (χ2v) is 2.68. The van der Waals surface area contributed by atoms with Gasteiger partial charge in [-0.2, -0.15) is 10.2 Å². The topological polar surface area (TPSA) is 74.2 Å². The molecule has 0 saturated heterocycles. The van der Waals surface area contributed by atoms with Crippen LogP contribution in [0.4, 0.5) is 0 Å². The maximum Gasteiger partial charge on any atom is 0.230 e. The minimum Gasteiger partial charge on any atom is -0.492 e. The van der Waals surface area contributed by atoms with Gasteiger partial charge in [-0.1, -0.05) is 0 Å². The van der Waals surface area contributed by atoms with Gasteiger partial charge in [0.2, 0.25) is 11.2 Å². The van der Waals surface area contributed by atoms with E-state index < -0.39 is 0 Å². The normalized spacial score (nSPS) is 10.2. The van der Waals surface area contributed by atoms with Gasteiger partial charge in [-0.25, -0.2) is 4.98 Å². The molecule has 5 nitrogen and oxygen atoms in total. The van der Waals surface area contributed by atoms with Crippen LogP contribution in [-0.2, 0) is 0 Å². The number of nitrogens with zero attached hydrogens (tertiary/aromatic N) is 4. The van der Waals surface area contributed by atoms with Crippen LogP contribution in [0.5, 0.6) is 5.88 Å². The van der Waals surface area contributed by atoms with E-state index in [0.717, 1.165) is 0 Å². The first-order chi connectivity index (χ1) is 6.22. The average molecular weight is 195 g/mol. The molecule has 0 unspecified atom stereocenters. The number of nitriles is 1. The molecular weight excluding hydrogens is 192 g/mol. The van der Waals surface area contributed by atoms with E-state index in [4.69, 9.17) is 22.0 Å². The predicted molar refractivity (Wildman–Crippen MR) is 44.4 cm³/mol. The van der Waals surface area contributed by atoms with Crippen molar-refractivity contribution in [1.82, 2.24) is 14.4 Å². The summed E-state index contributed by atoms with van der Waals surface area (Å²) in [5.74, 6) is -0.189. The first-order valence-electron chi connectivity index (χ1n) is 3.35. The Labute approximate surface area is 77.8 Å². The van der Waals surface area contributed by atoms with Gasteiger partial charge in [0.25, 0.3) is 0 Å². The molecule has 0 bridgehead atoms. The molecule has 0 aromatic carbocycles. The van der Waals surface area contributed by atoms with Crippen molar-refractivity contribution in [1.29, 1.82) is 5.26 Å². The van der Waals surface area contributed by atoms with Crippen LogP contribution in [0.2, 0.25) is 5.28 Å². The molecule has 0 atom stereocenters. The summed E-state index contributed by atoms with van der Waals surface area (Å²) in [6.07, 6.45) is 2.61. The van der Waals surface area contributed by atoms with Crippen molar-refractivity contribution in [2.75, 3.05) is 0 Å². The Bertz CT molecular complexity index is 513. The first kappa shape index (κ1) is 7.83. The van der Waals surface area contributed by atoms with Crippen molar-refractivity contribution in [2.24, 2.45) is 0 Å². The molecule has 0 aliphatic rings. The van der Waals surface area contributed by atoms with Crippen LogP contribution in [0.3, 0.4) is 0 Å². The lowest BCUT2D eigenvalue weighted by molar-refractivity contribution is 0.457. The lowest BCUT2D eigenvalue weighted by atomic mass is 10.4. The van der Waals surface area contributed by atoms with Crippen molar-refractivity contribution in [3.8, 4) is 11.9 Å². The summed E-state index contributed by atoms with van der Waals surface area (Å²) in [6.45, 7) is 0. The summed E-state index contributed by atoms with van der Waals surface area (Å²) < 4.78 is 1.34. The number of fused-ring (bicyclic) bond motifs is 1. The zero-order valence-electron chi connectivity index (χ0n) is 6.27. The zero-order chi connectivity index (χ0) is 9.42. The third-order valence-corrected chi connectivity index (χ3v) is 1.83. The molecule has 2 aromatic heterocycles. The zero-order valence-corrected chi connectivity index (χ0v) is 7.02. The summed E-state index contributed by atoms with van der Waals surface area (Å²) in [6, 6.07) is 1.89. The number of halogens is 1. The van der Waals surface area contributed by atoms with E-state index in [9.17, 15) is 0 Å². The van der Waals surface area contributed by atoms with Gasteiger partial charge in [0.15, 0.2) is 5.65 Å². The molecule has 6 heteroatoms. The average Bonchev–Trinajstić information content (AvgIpc) is 2.48. The molecule has 2 aromatic rings. The summed E-state index contributed by atoms with van der Waals surface area (Å²) in [7, 11) is 0. The van der Waals surface area contributed by atoms with Crippen molar-refractivity contribution >= 4 is 17.2 Å². The van der Waals surface area contributed by atoms with Crippen molar-refractivity contribution in [3.63, 3.8) is 0 Å². The highest BCUT2D eigenvalue weighted by Gasteiger charge is 2.08. The molecule has 0 radical (unpaired) electrons. The van der Waals surface area contributed by atoms with Crippen molar-refractivity contribution < 1.29 is 5.11 Å². The van der Waals surface area contributed by atoms with Gasteiger partial charge in [0.05, 0.1) is 12.4 Å². The number of imidazole rings is 1. The van der Waals surface area contributed by atoms with Crippen LogP contribution in [0.1, 0.15) is 5.56 Å². The van der Waals surface area contributed by atoms with E-state index >= 15 is 0 Å². The number of rotatable bonds is 0. The largest absolute Gasteiger partial charge is 0.492 e. The number of aromatic hydroxyl groups is 1. The Balaban J connectivity index is 2.94. The highest BCUT2D eigenvalue weighted by Crippen LogP contribution is 2.17. The molecule has 0 aliphatic heterocycles. The number of hydrogen-bond donors (Lipinski definition) is 1. The van der Waals surface area contributed by atoms with Crippen LogP contribution in [0.15, 0.2) is 12.4 Å². The van der Waals surface area contributed by atoms with E-state index in [0.29, 0.717) is 5.65 Å². The van der Waals surface area contributed by atoms with E-state index in [2.05, 4.69) is 9.97 Å². The molecule has 0 amide bonds. The third kappa shape index (κ3) is 1.08. The fourth-order valence-electron chi connectivity index (χ4n) is 1.02. The Morgan fingerprint density at radius 2 is 2.38 bits per heavy atom. The van der Waals surface area contributed by atoms with E-state index in [-0.39, 0.29) is 16.7 Å². The fourth-order valence-corrected chi connectivity index (χ4v) is 1.19. The fraction of sp³-hybridized carbons (Fsp3) is 0. The molecule has 13 heavy (non-hydrogen) atoms. The summed E-state index contributed by atoms with van der Waals surface area (Å²) in [5, 5.41) is 17.9. The monoisotopic (exact) mass is 194 g/mol. The van der Waals surface area contributed by atoms with E-state index in [1.807, 2.05) is 6.07 Å². The van der Waals surface area contributed by atoms with Crippen molar-refractivity contribution in [2.45, 2.75) is 0 Å². The second-order valence-electron chi connectivity index (χ2n) is 2.35. The maximum atomic E-state index is 9.07. The van der Waals surface area contributed by atoms with Gasteiger partial charge in [-0.15, -0.1) is 0 Å². The maximum absolute atomic E-state index is 9.07. The van der Waals surface area contributed by atoms with Crippen LogP contribution in [-0.4, -0.2) is 19.5 Å². The standard InChI is InChI=1S/C7H3ClN4O/c8-7-10-2-4(1-9)6-11-5(13)3-12(6)7/h2-3,13H. The summed E-state index contributed by atoms with van der Waals surface area (Å²) >= 11 is 5.69. The molecule has 1 N–H and O–H groups in total. The van der Waals surface area contributed by atoms with Gasteiger partial charge < -0.3 is 5.11 Å². The van der Waals surface area contributed by atoms with Gasteiger partial charge in [0, 0.05) is 0 Å². The smallest absolute Gasteiger partial charge is 0.230 e. The first-order valence-corrected chi connectivity index (χ1v) is 3.73. The molecular formula is C7H3ClN4O. The minimum atomic E-state index is -0.189. The quantitative estimate of drug-likeness (QED) is 0.634. The Hall–Kier alpha value is -1.80. The summed E-state index contributed by atoms with van der Waals surface area (Å²) in [4.78, 5) is 7.46. The van der Waals surface area contributed by atoms with E-state index in [1.54, 1.807) is 0 Å². The van der Waals surface area contributed by atoms with Crippen LogP contribution in [0.25, 0.3) is 5.65 Å². The van der Waals surface area contributed by atoms with Crippen LogP contribution < -0.4 is 0 Å². The van der Waals surface area contributed by atoms with Crippen molar-refractivity contribution in [3.05, 3.63) is 23.2 Å². The molecule has 2 rings (SSSR count). The third-order valence-electron chi connectivity index (χ3n) is 1.55. The van der Waals surface area contributed by atoms with E-state index in [1.165, 1.54) is 16.8 Å². The number of aromatic nitrogens is 3. The van der Waals surface area contributed by atoms with Crippen LogP contribution in [0, 0.1) is 11.3 Å². The molecule has 0 saturated carbocycles. The highest BCUT2D eigenvalue weighted by molar-refractivity contribution is 6.28. The van der Waals surface area contributed by atoms with Gasteiger partial charge >= 0.3 is 0 Å². The van der Waals surface area contributed by atoms with Gasteiger partial charge in [0.1, 0.15) is 11.6 Å². The Kier molecular flexibility index (Phi) is 1.57. The van der Waals surface area contributed by atoms with Gasteiger partial charge in [-0.05, 0) is 11.6 Å². The SMILES string of the molecule is N#Cc1cnc(Cl)n2cc(O)nc12. The Morgan fingerprint density at radius 1 is 1.62 bits per heavy atom. The predicted octanol–water partition coefficient (Wildman–Crippen LogP) is 0.960. The Morgan fingerprint density at radius 3 is 3.08 bits per heavy atom.